The van der Waals surface area contributed by atoms with Gasteiger partial charge in [0.2, 0.25) is 15.9 Å². The van der Waals surface area contributed by atoms with Crippen LogP contribution >= 0.6 is 11.3 Å². The van der Waals surface area contributed by atoms with E-state index in [1.165, 1.54) is 4.31 Å². The van der Waals surface area contributed by atoms with Crippen LogP contribution in [0.15, 0.2) is 60.1 Å². The molecule has 1 unspecified atom stereocenters. The van der Waals surface area contributed by atoms with Crippen molar-refractivity contribution in [2.45, 2.75) is 19.0 Å². The third kappa shape index (κ3) is 3.84. The van der Waals surface area contributed by atoms with Crippen molar-refractivity contribution in [2.24, 2.45) is 0 Å². The number of rotatable bonds is 4. The number of carbonyl (C=O) groups is 1. The SMILES string of the molecule is CS(=O)(=O)N1Cc2ccccc2CC1C(=O)Nc1ccc(-c2nccs2)cc1. The minimum absolute atomic E-state index is 0.204. The summed E-state index contributed by atoms with van der Waals surface area (Å²) in [7, 11) is -3.53. The Morgan fingerprint density at radius 1 is 1.14 bits per heavy atom. The first-order chi connectivity index (χ1) is 13.4. The maximum atomic E-state index is 12.9. The second kappa shape index (κ2) is 7.46. The molecule has 1 N–H and O–H groups in total. The predicted molar refractivity (Wildman–Crippen MR) is 111 cm³/mol. The number of carbonyl (C=O) groups excluding carboxylic acids is 1. The fourth-order valence-corrected chi connectivity index (χ4v) is 5.01. The van der Waals surface area contributed by atoms with Gasteiger partial charge in [-0.15, -0.1) is 11.3 Å². The molecular formula is C20H19N3O3S2. The van der Waals surface area contributed by atoms with Crippen LogP contribution in [-0.2, 0) is 27.8 Å². The predicted octanol–water partition coefficient (Wildman–Crippen LogP) is 3.14. The molecular weight excluding hydrogens is 394 g/mol. The summed E-state index contributed by atoms with van der Waals surface area (Å²) in [5.41, 5.74) is 3.53. The lowest BCUT2D eigenvalue weighted by Gasteiger charge is -2.34. The summed E-state index contributed by atoms with van der Waals surface area (Å²) in [6.07, 6.45) is 3.24. The summed E-state index contributed by atoms with van der Waals surface area (Å²) in [4.78, 5) is 17.2. The molecule has 0 aliphatic carbocycles. The first-order valence-electron chi connectivity index (χ1n) is 8.76. The summed E-state index contributed by atoms with van der Waals surface area (Å²) in [5, 5.41) is 5.67. The van der Waals surface area contributed by atoms with Gasteiger partial charge in [0.15, 0.2) is 0 Å². The van der Waals surface area contributed by atoms with E-state index in [2.05, 4.69) is 10.3 Å². The van der Waals surface area contributed by atoms with Gasteiger partial charge in [-0.1, -0.05) is 24.3 Å². The van der Waals surface area contributed by atoms with Crippen LogP contribution in [0.25, 0.3) is 10.6 Å². The van der Waals surface area contributed by atoms with Crippen molar-refractivity contribution in [3.63, 3.8) is 0 Å². The van der Waals surface area contributed by atoms with Crippen LogP contribution in [0.4, 0.5) is 5.69 Å². The van der Waals surface area contributed by atoms with Crippen molar-refractivity contribution in [2.75, 3.05) is 11.6 Å². The maximum absolute atomic E-state index is 12.9. The average Bonchev–Trinajstić information content (AvgIpc) is 3.21. The standard InChI is InChI=1S/C20H19N3O3S2/c1-28(25,26)23-13-16-5-3-2-4-15(16)12-18(23)19(24)22-17-8-6-14(7-9-17)20-21-10-11-27-20/h2-11,18H,12-13H2,1H3,(H,22,24). The smallest absolute Gasteiger partial charge is 0.243 e. The van der Waals surface area contributed by atoms with Crippen molar-refractivity contribution >= 4 is 33.0 Å². The maximum Gasteiger partial charge on any atom is 0.243 e. The van der Waals surface area contributed by atoms with Gasteiger partial charge in [-0.05, 0) is 41.8 Å². The molecule has 6 nitrogen and oxygen atoms in total. The highest BCUT2D eigenvalue weighted by Gasteiger charge is 2.36. The van der Waals surface area contributed by atoms with Crippen LogP contribution in [0, 0.1) is 0 Å². The highest BCUT2D eigenvalue weighted by atomic mass is 32.2. The minimum Gasteiger partial charge on any atom is -0.325 e. The van der Waals surface area contributed by atoms with Crippen molar-refractivity contribution in [3.05, 3.63) is 71.2 Å². The van der Waals surface area contributed by atoms with Crippen LogP contribution in [0.2, 0.25) is 0 Å². The van der Waals surface area contributed by atoms with Crippen LogP contribution in [0.1, 0.15) is 11.1 Å². The number of hydrogen-bond donors (Lipinski definition) is 1. The van der Waals surface area contributed by atoms with Gasteiger partial charge in [-0.2, -0.15) is 4.31 Å². The van der Waals surface area contributed by atoms with E-state index in [0.29, 0.717) is 12.1 Å². The molecule has 0 saturated heterocycles. The zero-order chi connectivity index (χ0) is 19.7. The lowest BCUT2D eigenvalue weighted by molar-refractivity contribution is -0.120. The topological polar surface area (TPSA) is 79.4 Å². The van der Waals surface area contributed by atoms with Gasteiger partial charge >= 0.3 is 0 Å². The van der Waals surface area contributed by atoms with E-state index in [1.54, 1.807) is 29.7 Å². The Morgan fingerprint density at radius 3 is 2.50 bits per heavy atom. The summed E-state index contributed by atoms with van der Waals surface area (Å²) < 4.78 is 25.8. The first-order valence-corrected chi connectivity index (χ1v) is 11.5. The Bertz CT molecular complexity index is 1090. The molecule has 8 heteroatoms. The van der Waals surface area contributed by atoms with E-state index in [-0.39, 0.29) is 12.5 Å². The number of nitrogens with zero attached hydrogens (tertiary/aromatic N) is 2. The lowest BCUT2D eigenvalue weighted by atomic mass is 9.95. The third-order valence-corrected chi connectivity index (χ3v) is 6.82. The van der Waals surface area contributed by atoms with E-state index in [0.717, 1.165) is 28.0 Å². The molecule has 2 aromatic carbocycles. The molecule has 1 aromatic heterocycles. The summed E-state index contributed by atoms with van der Waals surface area (Å²) >= 11 is 1.54. The van der Waals surface area contributed by atoms with Gasteiger partial charge in [0, 0.05) is 29.4 Å². The molecule has 144 valence electrons. The number of hydrogen-bond acceptors (Lipinski definition) is 5. The Balaban J connectivity index is 1.56. The van der Waals surface area contributed by atoms with Crippen LogP contribution < -0.4 is 5.32 Å². The Labute approximate surface area is 167 Å². The molecule has 0 saturated carbocycles. The Kier molecular flexibility index (Phi) is 5.01. The van der Waals surface area contributed by atoms with Gasteiger partial charge in [0.1, 0.15) is 11.0 Å². The Morgan fingerprint density at radius 2 is 1.86 bits per heavy atom. The zero-order valence-electron chi connectivity index (χ0n) is 15.2. The zero-order valence-corrected chi connectivity index (χ0v) is 16.8. The highest BCUT2D eigenvalue weighted by molar-refractivity contribution is 7.88. The van der Waals surface area contributed by atoms with Gasteiger partial charge in [0.25, 0.3) is 0 Å². The Hall–Kier alpha value is -2.55. The minimum atomic E-state index is -3.53. The third-order valence-electron chi connectivity index (χ3n) is 4.77. The normalized spacial score (nSPS) is 17.1. The van der Waals surface area contributed by atoms with E-state index in [1.807, 2.05) is 41.8 Å². The summed E-state index contributed by atoms with van der Waals surface area (Å²) in [6, 6.07) is 14.2. The van der Waals surface area contributed by atoms with Gasteiger partial charge in [-0.25, -0.2) is 13.4 Å². The molecule has 0 spiro atoms. The van der Waals surface area contributed by atoms with Gasteiger partial charge < -0.3 is 5.32 Å². The molecule has 0 bridgehead atoms. The number of anilines is 1. The molecule has 1 aliphatic rings. The van der Waals surface area contributed by atoms with E-state index in [4.69, 9.17) is 0 Å². The van der Waals surface area contributed by atoms with E-state index >= 15 is 0 Å². The molecule has 1 aliphatic heterocycles. The van der Waals surface area contributed by atoms with Crippen LogP contribution in [-0.4, -0.2) is 35.9 Å². The van der Waals surface area contributed by atoms with Gasteiger partial charge in [0.05, 0.1) is 6.26 Å². The monoisotopic (exact) mass is 413 g/mol. The fraction of sp³-hybridized carbons (Fsp3) is 0.200. The first kappa shape index (κ1) is 18.8. The molecule has 1 atom stereocenters. The van der Waals surface area contributed by atoms with Crippen LogP contribution in [0.5, 0.6) is 0 Å². The molecule has 0 radical (unpaired) electrons. The largest absolute Gasteiger partial charge is 0.325 e. The van der Waals surface area contributed by atoms with E-state index < -0.39 is 16.1 Å². The number of nitrogens with one attached hydrogen (secondary N) is 1. The number of aromatic nitrogens is 1. The molecule has 3 aromatic rings. The average molecular weight is 414 g/mol. The van der Waals surface area contributed by atoms with E-state index in [9.17, 15) is 13.2 Å². The van der Waals surface area contributed by atoms with Crippen molar-refractivity contribution in [1.29, 1.82) is 0 Å². The highest BCUT2D eigenvalue weighted by Crippen LogP contribution is 2.27. The number of amides is 1. The quantitative estimate of drug-likeness (QED) is 0.713. The van der Waals surface area contributed by atoms with Crippen molar-refractivity contribution in [3.8, 4) is 10.6 Å². The number of fused-ring (bicyclic) bond motifs is 1. The molecule has 1 amide bonds. The number of benzene rings is 2. The lowest BCUT2D eigenvalue weighted by Crippen LogP contribution is -2.50. The molecule has 0 fully saturated rings. The fourth-order valence-electron chi connectivity index (χ4n) is 3.36. The van der Waals surface area contributed by atoms with Crippen molar-refractivity contribution < 1.29 is 13.2 Å². The van der Waals surface area contributed by atoms with Crippen LogP contribution in [0.3, 0.4) is 0 Å². The number of thiazole rings is 1. The van der Waals surface area contributed by atoms with Gasteiger partial charge in [-0.3, -0.25) is 4.79 Å². The second-order valence-electron chi connectivity index (χ2n) is 6.70. The summed E-state index contributed by atoms with van der Waals surface area (Å²) in [5.74, 6) is -0.332. The summed E-state index contributed by atoms with van der Waals surface area (Å²) in [6.45, 7) is 0.204. The molecule has 28 heavy (non-hydrogen) atoms. The molecule has 4 rings (SSSR count). The van der Waals surface area contributed by atoms with Crippen molar-refractivity contribution in [1.82, 2.24) is 9.29 Å². The second-order valence-corrected chi connectivity index (χ2v) is 9.53. The number of sulfonamides is 1. The molecule has 2 heterocycles.